The highest BCUT2D eigenvalue weighted by Gasteiger charge is 2.30. The Labute approximate surface area is 184 Å². The molecule has 0 aromatic heterocycles. The number of ether oxygens (including phenoxy) is 1. The van der Waals surface area contributed by atoms with Gasteiger partial charge in [-0.05, 0) is 30.2 Å². The van der Waals surface area contributed by atoms with Crippen LogP contribution < -0.4 is 5.32 Å². The van der Waals surface area contributed by atoms with E-state index in [1.165, 1.54) is 28.6 Å². The number of piperazine rings is 1. The SMILES string of the molecule is CC(C)CN1CCOC(CNC(=O)N2CCN(S(=O)(=O)c3ccc(C#N)cc3)CC2)C1. The maximum absolute atomic E-state index is 12.8. The van der Waals surface area contributed by atoms with Gasteiger partial charge in [0, 0.05) is 52.4 Å². The predicted octanol–water partition coefficient (Wildman–Crippen LogP) is 0.931. The second kappa shape index (κ2) is 10.4. The summed E-state index contributed by atoms with van der Waals surface area (Å²) in [6.07, 6.45) is -0.0329. The van der Waals surface area contributed by atoms with Crippen molar-refractivity contribution in [3.63, 3.8) is 0 Å². The molecule has 10 heteroatoms. The second-order valence-corrected chi connectivity index (χ2v) is 10.3. The number of sulfonamides is 1. The molecule has 31 heavy (non-hydrogen) atoms. The smallest absolute Gasteiger partial charge is 0.317 e. The molecule has 2 fully saturated rings. The van der Waals surface area contributed by atoms with Crippen molar-refractivity contribution in [3.8, 4) is 6.07 Å². The number of hydrogen-bond donors (Lipinski definition) is 1. The minimum Gasteiger partial charge on any atom is -0.374 e. The van der Waals surface area contributed by atoms with Crippen LogP contribution in [-0.2, 0) is 14.8 Å². The Morgan fingerprint density at radius 2 is 1.87 bits per heavy atom. The minimum absolute atomic E-state index is 0.0329. The van der Waals surface area contributed by atoms with Crippen LogP contribution >= 0.6 is 0 Å². The molecule has 0 saturated carbocycles. The number of urea groups is 1. The second-order valence-electron chi connectivity index (χ2n) is 8.36. The number of hydrogen-bond acceptors (Lipinski definition) is 6. The third-order valence-electron chi connectivity index (χ3n) is 5.47. The van der Waals surface area contributed by atoms with Crippen molar-refractivity contribution >= 4 is 16.1 Å². The fourth-order valence-electron chi connectivity index (χ4n) is 3.88. The van der Waals surface area contributed by atoms with Gasteiger partial charge in [-0.15, -0.1) is 0 Å². The Morgan fingerprint density at radius 1 is 1.19 bits per heavy atom. The van der Waals surface area contributed by atoms with Crippen molar-refractivity contribution in [2.24, 2.45) is 5.92 Å². The van der Waals surface area contributed by atoms with E-state index in [1.54, 1.807) is 4.90 Å². The van der Waals surface area contributed by atoms with Crippen molar-refractivity contribution < 1.29 is 17.9 Å². The van der Waals surface area contributed by atoms with Crippen molar-refractivity contribution in [2.45, 2.75) is 24.8 Å². The van der Waals surface area contributed by atoms with Crippen molar-refractivity contribution in [1.82, 2.24) is 19.4 Å². The third kappa shape index (κ3) is 6.17. The Bertz CT molecular complexity index is 889. The number of amides is 2. The molecule has 1 aromatic carbocycles. The molecule has 2 aliphatic rings. The molecule has 2 amide bonds. The normalized spacial score (nSPS) is 21.1. The zero-order valence-electron chi connectivity index (χ0n) is 18.2. The standard InChI is InChI=1S/C21H31N5O4S/c1-17(2)15-24-11-12-30-19(16-24)14-23-21(27)25-7-9-26(10-8-25)31(28,29)20-5-3-18(13-22)4-6-20/h3-6,17,19H,7-12,14-16H2,1-2H3,(H,23,27). The summed E-state index contributed by atoms with van der Waals surface area (Å²) in [7, 11) is -3.64. The highest BCUT2D eigenvalue weighted by atomic mass is 32.2. The summed E-state index contributed by atoms with van der Waals surface area (Å²) in [5, 5.41) is 11.8. The first-order chi connectivity index (χ1) is 14.8. The summed E-state index contributed by atoms with van der Waals surface area (Å²) in [6.45, 7) is 9.34. The lowest BCUT2D eigenvalue weighted by molar-refractivity contribution is -0.0294. The maximum Gasteiger partial charge on any atom is 0.317 e. The van der Waals surface area contributed by atoms with E-state index in [4.69, 9.17) is 10.00 Å². The molecule has 2 saturated heterocycles. The topological polar surface area (TPSA) is 106 Å². The third-order valence-corrected chi connectivity index (χ3v) is 7.39. The zero-order valence-corrected chi connectivity index (χ0v) is 19.0. The first-order valence-corrected chi connectivity index (χ1v) is 12.1. The largest absolute Gasteiger partial charge is 0.374 e. The summed E-state index contributed by atoms with van der Waals surface area (Å²) in [5.74, 6) is 0.588. The molecule has 1 atom stereocenters. The van der Waals surface area contributed by atoms with E-state index >= 15 is 0 Å². The Balaban J connectivity index is 1.46. The van der Waals surface area contributed by atoms with Crippen LogP contribution in [0.1, 0.15) is 19.4 Å². The molecular weight excluding hydrogens is 418 g/mol. The monoisotopic (exact) mass is 449 g/mol. The lowest BCUT2D eigenvalue weighted by Gasteiger charge is -2.36. The molecule has 1 aromatic rings. The van der Waals surface area contributed by atoms with E-state index in [0.717, 1.165) is 19.6 Å². The van der Waals surface area contributed by atoms with Gasteiger partial charge in [-0.25, -0.2) is 13.2 Å². The summed E-state index contributed by atoms with van der Waals surface area (Å²) in [5.41, 5.74) is 0.412. The number of nitrogens with one attached hydrogen (secondary N) is 1. The molecule has 0 spiro atoms. The summed E-state index contributed by atoms with van der Waals surface area (Å²) < 4.78 is 32.8. The fourth-order valence-corrected chi connectivity index (χ4v) is 5.30. The van der Waals surface area contributed by atoms with E-state index in [9.17, 15) is 13.2 Å². The van der Waals surface area contributed by atoms with Crippen LogP contribution in [0, 0.1) is 17.2 Å². The van der Waals surface area contributed by atoms with Crippen LogP contribution in [0.2, 0.25) is 0 Å². The molecular formula is C21H31N5O4S. The Kier molecular flexibility index (Phi) is 7.89. The highest BCUT2D eigenvalue weighted by molar-refractivity contribution is 7.89. The number of rotatable bonds is 6. The number of morpholine rings is 1. The van der Waals surface area contributed by atoms with Gasteiger partial charge in [0.1, 0.15) is 0 Å². The van der Waals surface area contributed by atoms with E-state index < -0.39 is 10.0 Å². The van der Waals surface area contributed by atoms with Gasteiger partial charge in [0.05, 0.1) is 29.2 Å². The molecule has 0 radical (unpaired) electrons. The van der Waals surface area contributed by atoms with Crippen molar-refractivity contribution in [2.75, 3.05) is 59.0 Å². The lowest BCUT2D eigenvalue weighted by Crippen LogP contribution is -2.55. The highest BCUT2D eigenvalue weighted by Crippen LogP contribution is 2.18. The molecule has 2 heterocycles. The number of nitriles is 1. The predicted molar refractivity (Wildman–Crippen MR) is 116 cm³/mol. The zero-order chi connectivity index (χ0) is 22.4. The number of carbonyl (C=O) groups is 1. The molecule has 3 rings (SSSR count). The Morgan fingerprint density at radius 3 is 2.48 bits per heavy atom. The van der Waals surface area contributed by atoms with E-state index in [0.29, 0.717) is 37.7 Å². The molecule has 9 nitrogen and oxygen atoms in total. The van der Waals surface area contributed by atoms with Crippen LogP contribution in [0.5, 0.6) is 0 Å². The molecule has 2 aliphatic heterocycles. The summed E-state index contributed by atoms with van der Waals surface area (Å²) in [4.78, 5) is 16.7. The number of carbonyl (C=O) groups excluding carboxylic acids is 1. The van der Waals surface area contributed by atoms with Gasteiger partial charge in [-0.3, -0.25) is 4.90 Å². The first kappa shape index (κ1) is 23.5. The summed E-state index contributed by atoms with van der Waals surface area (Å²) in [6, 6.07) is 7.66. The van der Waals surface area contributed by atoms with Crippen LogP contribution in [0.4, 0.5) is 4.79 Å². The van der Waals surface area contributed by atoms with Gasteiger partial charge in [-0.1, -0.05) is 13.8 Å². The molecule has 0 aliphatic carbocycles. The van der Waals surface area contributed by atoms with Gasteiger partial charge in [0.25, 0.3) is 0 Å². The average Bonchev–Trinajstić information content (AvgIpc) is 2.77. The van der Waals surface area contributed by atoms with E-state index in [2.05, 4.69) is 24.1 Å². The number of benzene rings is 1. The van der Waals surface area contributed by atoms with Crippen LogP contribution in [-0.4, -0.2) is 93.6 Å². The Hall–Kier alpha value is -2.19. The first-order valence-electron chi connectivity index (χ1n) is 10.7. The van der Waals surface area contributed by atoms with Crippen LogP contribution in [0.25, 0.3) is 0 Å². The van der Waals surface area contributed by atoms with E-state index in [1.807, 2.05) is 6.07 Å². The fraction of sp³-hybridized carbons (Fsp3) is 0.619. The molecule has 1 unspecified atom stereocenters. The quantitative estimate of drug-likeness (QED) is 0.693. The summed E-state index contributed by atoms with van der Waals surface area (Å²) >= 11 is 0. The van der Waals surface area contributed by atoms with Gasteiger partial charge >= 0.3 is 6.03 Å². The molecule has 170 valence electrons. The van der Waals surface area contributed by atoms with Crippen LogP contribution in [0.3, 0.4) is 0 Å². The van der Waals surface area contributed by atoms with Gasteiger partial charge in [-0.2, -0.15) is 9.57 Å². The van der Waals surface area contributed by atoms with E-state index in [-0.39, 0.29) is 30.1 Å². The average molecular weight is 450 g/mol. The minimum atomic E-state index is -3.64. The molecule has 1 N–H and O–H groups in total. The van der Waals surface area contributed by atoms with Gasteiger partial charge in [0.2, 0.25) is 10.0 Å². The van der Waals surface area contributed by atoms with Gasteiger partial charge in [0.15, 0.2) is 0 Å². The van der Waals surface area contributed by atoms with Gasteiger partial charge < -0.3 is 15.0 Å². The maximum atomic E-state index is 12.8. The number of nitrogens with zero attached hydrogens (tertiary/aromatic N) is 4. The molecule has 0 bridgehead atoms. The van der Waals surface area contributed by atoms with Crippen LogP contribution in [0.15, 0.2) is 29.2 Å². The van der Waals surface area contributed by atoms with Crippen molar-refractivity contribution in [1.29, 1.82) is 5.26 Å². The van der Waals surface area contributed by atoms with Crippen molar-refractivity contribution in [3.05, 3.63) is 29.8 Å². The lowest BCUT2D eigenvalue weighted by atomic mass is 10.2.